The number of aromatic nitrogens is 1. The molecule has 2 rings (SSSR count). The van der Waals surface area contributed by atoms with Gasteiger partial charge in [0, 0.05) is 11.1 Å². The molecule has 0 unspecified atom stereocenters. The van der Waals surface area contributed by atoms with Gasteiger partial charge in [-0.05, 0) is 24.5 Å². The molecule has 0 spiro atoms. The zero-order valence-electron chi connectivity index (χ0n) is 7.59. The number of rotatable bonds is 0. The van der Waals surface area contributed by atoms with E-state index in [0.29, 0.717) is 0 Å². The van der Waals surface area contributed by atoms with Crippen molar-refractivity contribution in [3.63, 3.8) is 0 Å². The van der Waals surface area contributed by atoms with Crippen LogP contribution in [0, 0.1) is 0 Å². The Morgan fingerprint density at radius 3 is 3.00 bits per heavy atom. The van der Waals surface area contributed by atoms with E-state index < -0.39 is 0 Å². The molecule has 1 aliphatic carbocycles. The fourth-order valence-electron chi connectivity index (χ4n) is 1.89. The molecule has 1 heterocycles. The minimum atomic E-state index is 0.253. The summed E-state index contributed by atoms with van der Waals surface area (Å²) in [5, 5.41) is 0. The fourth-order valence-corrected chi connectivity index (χ4v) is 1.89. The van der Waals surface area contributed by atoms with Gasteiger partial charge in [-0.25, -0.2) is 0 Å². The Morgan fingerprint density at radius 1 is 1.50 bits per heavy atom. The largest absolute Gasteiger partial charge is 0.397 e. The molecule has 0 saturated heterocycles. The third-order valence-corrected chi connectivity index (χ3v) is 2.65. The molecule has 0 aliphatic heterocycles. The number of anilines is 1. The molecular formula is C10H14N2. The SMILES string of the molecule is CC1(C)CCc2cc(N)cnc21. The highest BCUT2D eigenvalue weighted by Gasteiger charge is 2.30. The molecule has 1 aromatic heterocycles. The topological polar surface area (TPSA) is 38.9 Å². The van der Waals surface area contributed by atoms with Crippen molar-refractivity contribution < 1.29 is 0 Å². The van der Waals surface area contributed by atoms with Crippen LogP contribution in [0.3, 0.4) is 0 Å². The van der Waals surface area contributed by atoms with Crippen molar-refractivity contribution in [3.05, 3.63) is 23.5 Å². The van der Waals surface area contributed by atoms with Crippen LogP contribution in [0.1, 0.15) is 31.5 Å². The van der Waals surface area contributed by atoms with Gasteiger partial charge in [0.2, 0.25) is 0 Å². The predicted octanol–water partition coefficient (Wildman–Crippen LogP) is 1.89. The van der Waals surface area contributed by atoms with E-state index >= 15 is 0 Å². The van der Waals surface area contributed by atoms with Gasteiger partial charge in [0.15, 0.2) is 0 Å². The van der Waals surface area contributed by atoms with Crippen molar-refractivity contribution in [1.29, 1.82) is 0 Å². The van der Waals surface area contributed by atoms with Crippen LogP contribution in [-0.2, 0) is 11.8 Å². The Bertz CT molecular complexity index is 316. The quantitative estimate of drug-likeness (QED) is 0.632. The molecule has 0 atom stereocenters. The lowest BCUT2D eigenvalue weighted by Gasteiger charge is -2.16. The third-order valence-electron chi connectivity index (χ3n) is 2.65. The molecule has 1 aromatic rings. The number of fused-ring (bicyclic) bond motifs is 1. The number of nitrogens with zero attached hydrogens (tertiary/aromatic N) is 1. The summed E-state index contributed by atoms with van der Waals surface area (Å²) < 4.78 is 0. The summed E-state index contributed by atoms with van der Waals surface area (Å²) in [6, 6.07) is 2.05. The highest BCUT2D eigenvalue weighted by Crippen LogP contribution is 2.36. The van der Waals surface area contributed by atoms with Crippen LogP contribution in [0.2, 0.25) is 0 Å². The molecule has 0 radical (unpaired) electrons. The molecule has 0 aromatic carbocycles. The van der Waals surface area contributed by atoms with Gasteiger partial charge in [-0.2, -0.15) is 0 Å². The van der Waals surface area contributed by atoms with Crippen LogP contribution in [0.5, 0.6) is 0 Å². The van der Waals surface area contributed by atoms with E-state index in [0.717, 1.165) is 12.1 Å². The molecule has 0 fully saturated rings. The summed E-state index contributed by atoms with van der Waals surface area (Å²) in [5.41, 5.74) is 9.26. The molecule has 1 aliphatic rings. The van der Waals surface area contributed by atoms with E-state index in [9.17, 15) is 0 Å². The Labute approximate surface area is 72.8 Å². The van der Waals surface area contributed by atoms with Crippen molar-refractivity contribution in [1.82, 2.24) is 4.98 Å². The van der Waals surface area contributed by atoms with E-state index in [1.807, 2.05) is 0 Å². The summed E-state index contributed by atoms with van der Waals surface area (Å²) in [5.74, 6) is 0. The van der Waals surface area contributed by atoms with Gasteiger partial charge in [0.25, 0.3) is 0 Å². The van der Waals surface area contributed by atoms with Crippen LogP contribution in [-0.4, -0.2) is 4.98 Å². The first-order valence-corrected chi connectivity index (χ1v) is 4.34. The van der Waals surface area contributed by atoms with Crippen LogP contribution < -0.4 is 5.73 Å². The Kier molecular flexibility index (Phi) is 1.40. The van der Waals surface area contributed by atoms with Gasteiger partial charge >= 0.3 is 0 Å². The highest BCUT2D eigenvalue weighted by atomic mass is 14.8. The lowest BCUT2D eigenvalue weighted by molar-refractivity contribution is 0.509. The lowest BCUT2D eigenvalue weighted by Crippen LogP contribution is -2.13. The maximum Gasteiger partial charge on any atom is 0.0503 e. The second-order valence-corrected chi connectivity index (χ2v) is 4.16. The first kappa shape index (κ1) is 7.59. The highest BCUT2D eigenvalue weighted by molar-refractivity contribution is 5.44. The molecule has 64 valence electrons. The van der Waals surface area contributed by atoms with Gasteiger partial charge in [0.05, 0.1) is 11.9 Å². The molecule has 0 saturated carbocycles. The zero-order chi connectivity index (χ0) is 8.77. The summed E-state index contributed by atoms with van der Waals surface area (Å²) in [4.78, 5) is 4.39. The molecule has 2 N–H and O–H groups in total. The molecular weight excluding hydrogens is 148 g/mol. The third kappa shape index (κ3) is 0.986. The number of nitrogens with two attached hydrogens (primary N) is 1. The monoisotopic (exact) mass is 162 g/mol. The van der Waals surface area contributed by atoms with Crippen molar-refractivity contribution in [2.45, 2.75) is 32.1 Å². The van der Waals surface area contributed by atoms with Gasteiger partial charge in [-0.1, -0.05) is 13.8 Å². The normalized spacial score (nSPS) is 19.2. The summed E-state index contributed by atoms with van der Waals surface area (Å²) in [6.07, 6.45) is 4.07. The Balaban J connectivity index is 2.55. The maximum atomic E-state index is 5.66. The van der Waals surface area contributed by atoms with Crippen LogP contribution in [0.4, 0.5) is 5.69 Å². The van der Waals surface area contributed by atoms with Crippen molar-refractivity contribution in [2.75, 3.05) is 5.73 Å². The molecule has 0 bridgehead atoms. The van der Waals surface area contributed by atoms with Crippen LogP contribution >= 0.6 is 0 Å². The minimum absolute atomic E-state index is 0.253. The first-order chi connectivity index (χ1) is 5.59. The number of hydrogen-bond donors (Lipinski definition) is 1. The number of hydrogen-bond acceptors (Lipinski definition) is 2. The Morgan fingerprint density at radius 2 is 2.25 bits per heavy atom. The average molecular weight is 162 g/mol. The summed E-state index contributed by atoms with van der Waals surface area (Å²) >= 11 is 0. The van der Waals surface area contributed by atoms with Gasteiger partial charge < -0.3 is 5.73 Å². The van der Waals surface area contributed by atoms with Gasteiger partial charge in [-0.3, -0.25) is 4.98 Å². The predicted molar refractivity (Wildman–Crippen MR) is 50.0 cm³/mol. The smallest absolute Gasteiger partial charge is 0.0503 e. The second-order valence-electron chi connectivity index (χ2n) is 4.16. The number of pyridine rings is 1. The van der Waals surface area contributed by atoms with Crippen LogP contribution in [0.25, 0.3) is 0 Å². The van der Waals surface area contributed by atoms with Crippen molar-refractivity contribution >= 4 is 5.69 Å². The summed E-state index contributed by atoms with van der Waals surface area (Å²) in [6.45, 7) is 4.48. The van der Waals surface area contributed by atoms with E-state index in [1.54, 1.807) is 6.20 Å². The fraction of sp³-hybridized carbons (Fsp3) is 0.500. The zero-order valence-corrected chi connectivity index (χ0v) is 7.59. The first-order valence-electron chi connectivity index (χ1n) is 4.34. The van der Waals surface area contributed by atoms with E-state index in [1.165, 1.54) is 17.7 Å². The minimum Gasteiger partial charge on any atom is -0.397 e. The average Bonchev–Trinajstić information content (AvgIpc) is 2.27. The summed E-state index contributed by atoms with van der Waals surface area (Å²) in [7, 11) is 0. The molecule has 2 heteroatoms. The van der Waals surface area contributed by atoms with Gasteiger partial charge in [-0.15, -0.1) is 0 Å². The Hall–Kier alpha value is -1.05. The maximum absolute atomic E-state index is 5.66. The van der Waals surface area contributed by atoms with Gasteiger partial charge in [0.1, 0.15) is 0 Å². The standard InChI is InChI=1S/C10H14N2/c1-10(2)4-3-7-5-8(11)6-12-9(7)10/h5-6H,3-4,11H2,1-2H3. The lowest BCUT2D eigenvalue weighted by atomic mass is 9.90. The number of nitrogen functional groups attached to an aromatic ring is 1. The second kappa shape index (κ2) is 2.22. The molecule has 2 nitrogen and oxygen atoms in total. The molecule has 0 amide bonds. The van der Waals surface area contributed by atoms with E-state index in [2.05, 4.69) is 24.9 Å². The van der Waals surface area contributed by atoms with E-state index in [-0.39, 0.29) is 5.41 Å². The van der Waals surface area contributed by atoms with Crippen LogP contribution in [0.15, 0.2) is 12.3 Å². The van der Waals surface area contributed by atoms with Crippen molar-refractivity contribution in [3.8, 4) is 0 Å². The van der Waals surface area contributed by atoms with E-state index in [4.69, 9.17) is 5.73 Å². The number of aryl methyl sites for hydroxylation is 1. The molecule has 12 heavy (non-hydrogen) atoms. The van der Waals surface area contributed by atoms with Crippen molar-refractivity contribution in [2.24, 2.45) is 0 Å².